The maximum Gasteiger partial charge on any atom is 0.261 e. The van der Waals surface area contributed by atoms with Crippen molar-refractivity contribution in [3.63, 3.8) is 0 Å². The third-order valence-electron chi connectivity index (χ3n) is 4.74. The number of hydrogen-bond donors (Lipinski definition) is 1. The van der Waals surface area contributed by atoms with Gasteiger partial charge in [-0.15, -0.1) is 0 Å². The monoisotopic (exact) mass is 416 g/mol. The van der Waals surface area contributed by atoms with Crippen LogP contribution in [0.4, 0.5) is 0 Å². The van der Waals surface area contributed by atoms with Crippen molar-refractivity contribution < 1.29 is 14.3 Å². The molecule has 0 aliphatic carbocycles. The summed E-state index contributed by atoms with van der Waals surface area (Å²) in [5.74, 6) is 0.122. The van der Waals surface area contributed by atoms with Gasteiger partial charge >= 0.3 is 0 Å². The van der Waals surface area contributed by atoms with E-state index in [2.05, 4.69) is 5.32 Å². The van der Waals surface area contributed by atoms with Crippen molar-refractivity contribution >= 4 is 23.4 Å². The number of carbonyl (C=O) groups excluding carboxylic acids is 2. The number of nitrogens with zero attached hydrogens (tertiary/aromatic N) is 1. The van der Waals surface area contributed by atoms with E-state index in [0.29, 0.717) is 23.7 Å². The molecule has 2 rings (SSSR count). The average Bonchev–Trinajstić information content (AvgIpc) is 2.72. The van der Waals surface area contributed by atoms with Gasteiger partial charge in [-0.3, -0.25) is 9.59 Å². The lowest BCUT2D eigenvalue weighted by atomic mass is 10.1. The van der Waals surface area contributed by atoms with Gasteiger partial charge in [0.05, 0.1) is 0 Å². The molecule has 0 bridgehead atoms. The fraction of sp³-hybridized carbons (Fsp3) is 0.391. The SMILES string of the molecule is CC[C@H](C(=O)N[C@@H](C)CC)N(Cc1ccccc1)C(=O)COc1cccc(Cl)c1. The normalized spacial score (nSPS) is 12.7. The minimum atomic E-state index is -0.570. The first-order chi connectivity index (χ1) is 13.9. The first-order valence-corrected chi connectivity index (χ1v) is 10.3. The molecule has 0 aliphatic heterocycles. The summed E-state index contributed by atoms with van der Waals surface area (Å²) >= 11 is 5.98. The number of ether oxygens (including phenoxy) is 1. The van der Waals surface area contributed by atoms with E-state index >= 15 is 0 Å². The maximum absolute atomic E-state index is 13.1. The van der Waals surface area contributed by atoms with E-state index in [1.807, 2.05) is 51.1 Å². The molecule has 0 radical (unpaired) electrons. The van der Waals surface area contributed by atoms with E-state index < -0.39 is 6.04 Å². The minimum Gasteiger partial charge on any atom is -0.484 e. The van der Waals surface area contributed by atoms with E-state index in [0.717, 1.165) is 12.0 Å². The third kappa shape index (κ3) is 7.09. The Bertz CT molecular complexity index is 798. The standard InChI is InChI=1S/C23H29ClN2O3/c1-4-17(3)25-23(28)21(5-2)26(15-18-10-7-6-8-11-18)22(27)16-29-20-13-9-12-19(24)14-20/h6-14,17,21H,4-5,15-16H2,1-3H3,(H,25,28)/t17-,21+/m0/s1. The lowest BCUT2D eigenvalue weighted by Crippen LogP contribution is -2.51. The molecule has 2 amide bonds. The number of nitrogens with one attached hydrogen (secondary N) is 1. The Kier molecular flexibility index (Phi) is 9.00. The number of carbonyl (C=O) groups is 2. The second-order valence-corrected chi connectivity index (χ2v) is 7.43. The summed E-state index contributed by atoms with van der Waals surface area (Å²) in [6.07, 6.45) is 1.34. The fourth-order valence-corrected chi connectivity index (χ4v) is 3.11. The highest BCUT2D eigenvalue weighted by Crippen LogP contribution is 2.18. The Morgan fingerprint density at radius 1 is 1.07 bits per heavy atom. The second kappa shape index (κ2) is 11.5. The molecule has 0 saturated carbocycles. The van der Waals surface area contributed by atoms with Gasteiger partial charge < -0.3 is 15.0 Å². The van der Waals surface area contributed by atoms with Gasteiger partial charge in [0.15, 0.2) is 6.61 Å². The predicted molar refractivity (Wildman–Crippen MR) is 116 cm³/mol. The first kappa shape index (κ1) is 22.8. The summed E-state index contributed by atoms with van der Waals surface area (Å²) in [5, 5.41) is 3.53. The maximum atomic E-state index is 13.1. The van der Waals surface area contributed by atoms with E-state index in [4.69, 9.17) is 16.3 Å². The van der Waals surface area contributed by atoms with Gasteiger partial charge in [0.25, 0.3) is 5.91 Å². The van der Waals surface area contributed by atoms with Gasteiger partial charge in [0, 0.05) is 17.6 Å². The zero-order valence-electron chi connectivity index (χ0n) is 17.2. The summed E-state index contributed by atoms with van der Waals surface area (Å²) in [7, 11) is 0. The smallest absolute Gasteiger partial charge is 0.261 e. The molecule has 156 valence electrons. The highest BCUT2D eigenvalue weighted by molar-refractivity contribution is 6.30. The molecule has 0 saturated heterocycles. The van der Waals surface area contributed by atoms with Crippen LogP contribution in [-0.4, -0.2) is 35.4 Å². The van der Waals surface area contributed by atoms with Crippen LogP contribution in [0.3, 0.4) is 0 Å². The fourth-order valence-electron chi connectivity index (χ4n) is 2.93. The molecule has 1 N–H and O–H groups in total. The highest BCUT2D eigenvalue weighted by Gasteiger charge is 2.29. The Morgan fingerprint density at radius 3 is 2.41 bits per heavy atom. The molecule has 5 nitrogen and oxygen atoms in total. The number of hydrogen-bond acceptors (Lipinski definition) is 3. The summed E-state index contributed by atoms with van der Waals surface area (Å²) in [6.45, 7) is 6.04. The van der Waals surface area contributed by atoms with Crippen molar-refractivity contribution in [3.8, 4) is 5.75 Å². The van der Waals surface area contributed by atoms with Crippen LogP contribution in [0.1, 0.15) is 39.2 Å². The van der Waals surface area contributed by atoms with Crippen LogP contribution in [-0.2, 0) is 16.1 Å². The Hall–Kier alpha value is -2.53. The first-order valence-electron chi connectivity index (χ1n) is 9.96. The zero-order chi connectivity index (χ0) is 21.2. The van der Waals surface area contributed by atoms with E-state index in [-0.39, 0.29) is 24.5 Å². The average molecular weight is 417 g/mol. The topological polar surface area (TPSA) is 58.6 Å². The molecule has 29 heavy (non-hydrogen) atoms. The summed E-state index contributed by atoms with van der Waals surface area (Å²) in [6, 6.07) is 16.0. The second-order valence-electron chi connectivity index (χ2n) is 7.00. The molecule has 0 heterocycles. The molecular formula is C23H29ClN2O3. The van der Waals surface area contributed by atoms with Crippen LogP contribution in [0, 0.1) is 0 Å². The molecule has 6 heteroatoms. The van der Waals surface area contributed by atoms with Crippen molar-refractivity contribution in [1.82, 2.24) is 10.2 Å². The van der Waals surface area contributed by atoms with Gasteiger partial charge in [-0.2, -0.15) is 0 Å². The molecule has 0 unspecified atom stereocenters. The van der Waals surface area contributed by atoms with Gasteiger partial charge in [-0.25, -0.2) is 0 Å². The predicted octanol–water partition coefficient (Wildman–Crippen LogP) is 4.44. The van der Waals surface area contributed by atoms with Gasteiger partial charge in [-0.05, 0) is 43.5 Å². The lowest BCUT2D eigenvalue weighted by molar-refractivity contribution is -0.143. The zero-order valence-corrected chi connectivity index (χ0v) is 18.0. The van der Waals surface area contributed by atoms with Crippen molar-refractivity contribution in [1.29, 1.82) is 0 Å². The molecule has 0 aliphatic rings. The van der Waals surface area contributed by atoms with Crippen LogP contribution in [0.5, 0.6) is 5.75 Å². The lowest BCUT2D eigenvalue weighted by Gasteiger charge is -2.31. The van der Waals surface area contributed by atoms with E-state index in [1.165, 1.54) is 0 Å². The van der Waals surface area contributed by atoms with Gasteiger partial charge in [-0.1, -0.05) is 61.8 Å². The van der Waals surface area contributed by atoms with Crippen molar-refractivity contribution in [3.05, 3.63) is 65.2 Å². The Balaban J connectivity index is 2.18. The van der Waals surface area contributed by atoms with Crippen molar-refractivity contribution in [2.24, 2.45) is 0 Å². The number of amides is 2. The number of benzene rings is 2. The molecule has 0 aromatic heterocycles. The molecule has 2 atom stereocenters. The quantitative estimate of drug-likeness (QED) is 0.622. The Morgan fingerprint density at radius 2 is 1.79 bits per heavy atom. The largest absolute Gasteiger partial charge is 0.484 e. The van der Waals surface area contributed by atoms with Crippen LogP contribution < -0.4 is 10.1 Å². The highest BCUT2D eigenvalue weighted by atomic mass is 35.5. The van der Waals surface area contributed by atoms with Gasteiger partial charge in [0.1, 0.15) is 11.8 Å². The molecule has 0 spiro atoms. The molecule has 0 fully saturated rings. The summed E-state index contributed by atoms with van der Waals surface area (Å²) < 4.78 is 5.64. The van der Waals surface area contributed by atoms with Crippen LogP contribution >= 0.6 is 11.6 Å². The van der Waals surface area contributed by atoms with Crippen LogP contribution in [0.15, 0.2) is 54.6 Å². The molecule has 2 aromatic rings. The molecule has 2 aromatic carbocycles. The Labute approximate surface area is 178 Å². The third-order valence-corrected chi connectivity index (χ3v) is 4.98. The summed E-state index contributed by atoms with van der Waals surface area (Å²) in [5.41, 5.74) is 0.957. The van der Waals surface area contributed by atoms with Crippen molar-refractivity contribution in [2.75, 3.05) is 6.61 Å². The minimum absolute atomic E-state index is 0.0490. The van der Waals surface area contributed by atoms with Crippen LogP contribution in [0.2, 0.25) is 5.02 Å². The number of halogens is 1. The summed E-state index contributed by atoms with van der Waals surface area (Å²) in [4.78, 5) is 27.5. The van der Waals surface area contributed by atoms with E-state index in [9.17, 15) is 9.59 Å². The van der Waals surface area contributed by atoms with Crippen molar-refractivity contribution in [2.45, 2.75) is 52.2 Å². The molecular weight excluding hydrogens is 388 g/mol. The number of rotatable bonds is 10. The van der Waals surface area contributed by atoms with Gasteiger partial charge in [0.2, 0.25) is 5.91 Å². The van der Waals surface area contributed by atoms with E-state index in [1.54, 1.807) is 29.2 Å². The van der Waals surface area contributed by atoms with Crippen LogP contribution in [0.25, 0.3) is 0 Å².